The molecule has 1 heterocycles. The van der Waals surface area contributed by atoms with Crippen LogP contribution in [0.4, 0.5) is 0 Å². The molecule has 1 aromatic heterocycles. The van der Waals surface area contributed by atoms with Gasteiger partial charge in [-0.1, -0.05) is 37.5 Å². The number of ether oxygens (including phenoxy) is 2. The Morgan fingerprint density at radius 2 is 1.66 bits per heavy atom. The zero-order chi connectivity index (χ0) is 22.8. The fourth-order valence-electron chi connectivity index (χ4n) is 5.36. The SMILES string of the molecule is COC(=O)[C@@H]1[C@H](NC2CCCCC2)c2c(n(C)n(-c3ccccc3)c2=O)C[C@H]1C(=O)OC. The van der Waals surface area contributed by atoms with Gasteiger partial charge in [-0.25, -0.2) is 4.68 Å². The number of esters is 2. The highest BCUT2D eigenvalue weighted by Crippen LogP contribution is 2.40. The highest BCUT2D eigenvalue weighted by Gasteiger charge is 2.49. The van der Waals surface area contributed by atoms with Crippen molar-refractivity contribution in [2.45, 2.75) is 50.6 Å². The number of nitrogens with one attached hydrogen (secondary N) is 1. The molecule has 8 nitrogen and oxygen atoms in total. The van der Waals surface area contributed by atoms with E-state index in [1.165, 1.54) is 20.6 Å². The van der Waals surface area contributed by atoms with Gasteiger partial charge in [0.2, 0.25) is 0 Å². The van der Waals surface area contributed by atoms with E-state index in [9.17, 15) is 14.4 Å². The van der Waals surface area contributed by atoms with Gasteiger partial charge in [-0.2, -0.15) is 0 Å². The van der Waals surface area contributed by atoms with Crippen LogP contribution in [0.5, 0.6) is 0 Å². The van der Waals surface area contributed by atoms with E-state index in [1.807, 2.05) is 37.4 Å². The normalized spacial score (nSPS) is 23.4. The summed E-state index contributed by atoms with van der Waals surface area (Å²) in [6.07, 6.45) is 5.57. The molecule has 0 aliphatic heterocycles. The van der Waals surface area contributed by atoms with Crippen LogP contribution in [0.2, 0.25) is 0 Å². The number of hydrogen-bond acceptors (Lipinski definition) is 6. The lowest BCUT2D eigenvalue weighted by molar-refractivity contribution is -0.159. The minimum Gasteiger partial charge on any atom is -0.469 e. The van der Waals surface area contributed by atoms with Crippen molar-refractivity contribution in [2.24, 2.45) is 18.9 Å². The smallest absolute Gasteiger partial charge is 0.311 e. The second-order valence-corrected chi connectivity index (χ2v) is 8.70. The molecule has 1 N–H and O–H groups in total. The van der Waals surface area contributed by atoms with Crippen molar-refractivity contribution < 1.29 is 19.1 Å². The summed E-state index contributed by atoms with van der Waals surface area (Å²) in [6.45, 7) is 0. The first-order valence-corrected chi connectivity index (χ1v) is 11.3. The number of fused-ring (bicyclic) bond motifs is 1. The van der Waals surface area contributed by atoms with Crippen molar-refractivity contribution >= 4 is 11.9 Å². The van der Waals surface area contributed by atoms with E-state index in [4.69, 9.17) is 9.47 Å². The first-order chi connectivity index (χ1) is 15.5. The Morgan fingerprint density at radius 1 is 1.00 bits per heavy atom. The Labute approximate surface area is 187 Å². The van der Waals surface area contributed by atoms with Gasteiger partial charge in [-0.05, 0) is 25.0 Å². The van der Waals surface area contributed by atoms with Crippen LogP contribution in [0.25, 0.3) is 5.69 Å². The highest BCUT2D eigenvalue weighted by molar-refractivity contribution is 5.84. The molecule has 0 bridgehead atoms. The zero-order valence-electron chi connectivity index (χ0n) is 18.9. The average molecular weight is 442 g/mol. The summed E-state index contributed by atoms with van der Waals surface area (Å²) in [7, 11) is 4.46. The Balaban J connectivity index is 1.88. The molecular weight excluding hydrogens is 410 g/mol. The standard InChI is InChI=1S/C24H31N3O5/c1-26-18-14-17(23(29)31-2)19(24(30)32-3)21(25-15-10-6-4-7-11-15)20(18)22(28)27(26)16-12-8-5-9-13-16/h5,8-9,12-13,15,17,19,21,25H,4,6-7,10-11,14H2,1-3H3/t17-,19+,21+/m1/s1. The molecule has 1 aromatic carbocycles. The maximum absolute atomic E-state index is 13.7. The van der Waals surface area contributed by atoms with Gasteiger partial charge in [0, 0.05) is 25.2 Å². The second kappa shape index (κ2) is 9.32. The largest absolute Gasteiger partial charge is 0.469 e. The predicted molar refractivity (Wildman–Crippen MR) is 118 cm³/mol. The van der Waals surface area contributed by atoms with E-state index >= 15 is 0 Å². The van der Waals surface area contributed by atoms with Crippen molar-refractivity contribution in [1.82, 2.24) is 14.7 Å². The van der Waals surface area contributed by atoms with Gasteiger partial charge < -0.3 is 14.8 Å². The molecule has 0 unspecified atom stereocenters. The summed E-state index contributed by atoms with van der Waals surface area (Å²) < 4.78 is 13.6. The summed E-state index contributed by atoms with van der Waals surface area (Å²) in [4.78, 5) is 39.4. The van der Waals surface area contributed by atoms with Gasteiger partial charge in [0.15, 0.2) is 0 Å². The molecule has 2 aliphatic carbocycles. The molecule has 0 radical (unpaired) electrons. The third kappa shape index (κ3) is 3.88. The number of carbonyl (C=O) groups excluding carboxylic acids is 2. The summed E-state index contributed by atoms with van der Waals surface area (Å²) in [5, 5.41) is 3.59. The number of benzene rings is 1. The fourth-order valence-corrected chi connectivity index (χ4v) is 5.36. The van der Waals surface area contributed by atoms with Crippen molar-refractivity contribution in [2.75, 3.05) is 14.2 Å². The fraction of sp³-hybridized carbons (Fsp3) is 0.542. The van der Waals surface area contributed by atoms with Crippen LogP contribution in [-0.2, 0) is 32.5 Å². The van der Waals surface area contributed by atoms with Gasteiger partial charge in [0.25, 0.3) is 5.56 Å². The van der Waals surface area contributed by atoms with Crippen LogP contribution < -0.4 is 10.9 Å². The highest BCUT2D eigenvalue weighted by atomic mass is 16.5. The molecule has 1 fully saturated rings. The molecule has 2 aliphatic rings. The molecule has 1 saturated carbocycles. The van der Waals surface area contributed by atoms with E-state index in [0.29, 0.717) is 5.56 Å². The van der Waals surface area contributed by atoms with Crippen LogP contribution in [0.15, 0.2) is 35.1 Å². The molecule has 3 atom stereocenters. The third-order valence-corrected chi connectivity index (χ3v) is 6.94. The summed E-state index contributed by atoms with van der Waals surface area (Å²) in [6, 6.07) is 8.93. The average Bonchev–Trinajstić information content (AvgIpc) is 3.08. The zero-order valence-corrected chi connectivity index (χ0v) is 18.9. The minimum atomic E-state index is -0.832. The number of methoxy groups -OCH3 is 2. The summed E-state index contributed by atoms with van der Waals surface area (Å²) >= 11 is 0. The Hall–Kier alpha value is -2.87. The van der Waals surface area contributed by atoms with Crippen LogP contribution in [0, 0.1) is 11.8 Å². The van der Waals surface area contributed by atoms with Gasteiger partial charge >= 0.3 is 11.9 Å². The molecule has 172 valence electrons. The molecule has 2 aromatic rings. The van der Waals surface area contributed by atoms with Crippen molar-refractivity contribution in [3.63, 3.8) is 0 Å². The van der Waals surface area contributed by atoms with Gasteiger partial charge in [-0.15, -0.1) is 0 Å². The molecular formula is C24H31N3O5. The quantitative estimate of drug-likeness (QED) is 0.716. The Kier molecular flexibility index (Phi) is 6.50. The topological polar surface area (TPSA) is 91.6 Å². The number of carbonyl (C=O) groups is 2. The predicted octanol–water partition coefficient (Wildman–Crippen LogP) is 2.27. The summed E-state index contributed by atoms with van der Waals surface area (Å²) in [5.41, 5.74) is 1.83. The molecule has 32 heavy (non-hydrogen) atoms. The molecule has 8 heteroatoms. The Bertz CT molecular complexity index is 1040. The van der Waals surface area contributed by atoms with Gasteiger partial charge in [-0.3, -0.25) is 19.1 Å². The minimum absolute atomic E-state index is 0.176. The monoisotopic (exact) mass is 441 g/mol. The molecule has 4 rings (SSSR count). The van der Waals surface area contributed by atoms with Crippen LogP contribution in [0.3, 0.4) is 0 Å². The van der Waals surface area contributed by atoms with E-state index in [2.05, 4.69) is 5.32 Å². The van der Waals surface area contributed by atoms with Crippen LogP contribution in [0.1, 0.15) is 49.4 Å². The van der Waals surface area contributed by atoms with E-state index in [-0.39, 0.29) is 18.0 Å². The third-order valence-electron chi connectivity index (χ3n) is 6.94. The lowest BCUT2D eigenvalue weighted by Gasteiger charge is -2.38. The van der Waals surface area contributed by atoms with Crippen molar-refractivity contribution in [3.05, 3.63) is 51.9 Å². The molecule has 0 amide bonds. The second-order valence-electron chi connectivity index (χ2n) is 8.70. The number of aromatic nitrogens is 2. The number of hydrogen-bond donors (Lipinski definition) is 1. The molecule has 0 spiro atoms. The lowest BCUT2D eigenvalue weighted by Crippen LogP contribution is -2.49. The van der Waals surface area contributed by atoms with Gasteiger partial charge in [0.1, 0.15) is 0 Å². The van der Waals surface area contributed by atoms with Gasteiger partial charge in [0.05, 0.1) is 43.3 Å². The Morgan fingerprint density at radius 3 is 2.28 bits per heavy atom. The number of para-hydroxylation sites is 1. The van der Waals surface area contributed by atoms with E-state index < -0.39 is 29.8 Å². The summed E-state index contributed by atoms with van der Waals surface area (Å²) in [5.74, 6) is -2.55. The number of rotatable bonds is 5. The maximum atomic E-state index is 13.7. The maximum Gasteiger partial charge on any atom is 0.311 e. The number of nitrogens with zero attached hydrogens (tertiary/aromatic N) is 2. The van der Waals surface area contributed by atoms with Crippen molar-refractivity contribution in [1.29, 1.82) is 0 Å². The molecule has 0 saturated heterocycles. The van der Waals surface area contributed by atoms with E-state index in [1.54, 1.807) is 9.36 Å². The van der Waals surface area contributed by atoms with Crippen LogP contribution >= 0.6 is 0 Å². The van der Waals surface area contributed by atoms with Crippen molar-refractivity contribution in [3.8, 4) is 5.69 Å². The van der Waals surface area contributed by atoms with E-state index in [0.717, 1.165) is 37.1 Å². The van der Waals surface area contributed by atoms with Crippen LogP contribution in [-0.4, -0.2) is 41.6 Å². The lowest BCUT2D eigenvalue weighted by atomic mass is 9.74. The first-order valence-electron chi connectivity index (χ1n) is 11.3. The first kappa shape index (κ1) is 22.3.